The number of rotatable bonds is 3. The summed E-state index contributed by atoms with van der Waals surface area (Å²) < 4.78 is 45.5. The Bertz CT molecular complexity index is 1500. The first-order valence-corrected chi connectivity index (χ1v) is 11.3. The summed E-state index contributed by atoms with van der Waals surface area (Å²) >= 11 is 0. The summed E-state index contributed by atoms with van der Waals surface area (Å²) in [5.74, 6) is 1.40. The number of allylic oxidation sites excluding steroid dienone is 4. The van der Waals surface area contributed by atoms with Crippen molar-refractivity contribution < 1.29 is 22.4 Å². The minimum atomic E-state index is -4.53. The van der Waals surface area contributed by atoms with Crippen molar-refractivity contribution in [1.29, 1.82) is 0 Å². The summed E-state index contributed by atoms with van der Waals surface area (Å²) in [7, 11) is -4.53. The van der Waals surface area contributed by atoms with E-state index in [0.717, 1.165) is 16.5 Å². The first-order valence-electron chi connectivity index (χ1n) is 11.3. The van der Waals surface area contributed by atoms with Gasteiger partial charge in [-0.05, 0) is 29.2 Å². The third-order valence-corrected chi connectivity index (χ3v) is 5.89. The zero-order chi connectivity index (χ0) is 23.8. The van der Waals surface area contributed by atoms with E-state index in [2.05, 4.69) is 0 Å². The molecular weight excluding hydrogens is 445 g/mol. The van der Waals surface area contributed by atoms with Crippen molar-refractivity contribution in [2.24, 2.45) is 0 Å². The molecule has 6 heteroatoms. The van der Waals surface area contributed by atoms with E-state index in [0.29, 0.717) is 28.0 Å². The molecule has 35 heavy (non-hydrogen) atoms. The first-order chi connectivity index (χ1) is 17.1. The summed E-state index contributed by atoms with van der Waals surface area (Å²) in [5.41, 5.74) is 2.88. The summed E-state index contributed by atoms with van der Waals surface area (Å²) in [5, 5.41) is 1.43. The van der Waals surface area contributed by atoms with E-state index in [9.17, 15) is 8.63 Å². The molecule has 2 aliphatic rings. The van der Waals surface area contributed by atoms with Crippen molar-refractivity contribution in [3.63, 3.8) is 0 Å². The molecule has 2 heterocycles. The molecule has 0 atom stereocenters. The second-order valence-corrected chi connectivity index (χ2v) is 8.29. The fraction of sp³-hybridized carbons (Fsp3) is 0. The van der Waals surface area contributed by atoms with Gasteiger partial charge in [0.15, 0.2) is 0 Å². The molecule has 0 fully saturated rings. The minimum Gasteiger partial charge on any atom is -0.568 e. The van der Waals surface area contributed by atoms with Gasteiger partial charge >= 0.3 is 7.11 Å². The van der Waals surface area contributed by atoms with Crippen LogP contribution in [-0.4, -0.2) is 12.9 Å². The van der Waals surface area contributed by atoms with E-state index >= 15 is 0 Å². The maximum atomic E-state index is 14.6. The van der Waals surface area contributed by atoms with Gasteiger partial charge in [0, 0.05) is 22.6 Å². The van der Waals surface area contributed by atoms with E-state index in [4.69, 9.17) is 13.7 Å². The Kier molecular flexibility index (Phi) is 5.07. The van der Waals surface area contributed by atoms with E-state index in [1.54, 1.807) is 24.3 Å². The highest BCUT2D eigenvalue weighted by molar-refractivity contribution is 6.52. The smallest absolute Gasteiger partial charge is 0.568 e. The number of carbonyl (C=O) groups excluding carboxylic acids is 1. The molecule has 4 aromatic rings. The van der Waals surface area contributed by atoms with E-state index in [1.165, 1.54) is 0 Å². The highest BCUT2D eigenvalue weighted by Crippen LogP contribution is 2.38. The fourth-order valence-corrected chi connectivity index (χ4v) is 4.29. The maximum Gasteiger partial charge on any atom is 0.995 e. The summed E-state index contributed by atoms with van der Waals surface area (Å²) in [6.07, 6.45) is 5.25. The summed E-state index contributed by atoms with van der Waals surface area (Å²) in [6, 6.07) is 30.2. The van der Waals surface area contributed by atoms with Gasteiger partial charge in [0.1, 0.15) is 22.8 Å². The van der Waals surface area contributed by atoms with E-state index in [-0.39, 0.29) is 11.5 Å². The third-order valence-electron chi connectivity index (χ3n) is 5.89. The topological polar surface area (TPSA) is 29.8 Å². The van der Waals surface area contributed by atoms with Crippen LogP contribution in [0.25, 0.3) is 22.3 Å². The van der Waals surface area contributed by atoms with Crippen LogP contribution < -0.4 is 4.65 Å². The lowest BCUT2D eigenvalue weighted by atomic mass is 9.96. The molecule has 0 saturated carbocycles. The van der Waals surface area contributed by atoms with Crippen LogP contribution in [-0.2, 0) is 4.74 Å². The number of ketones is 1. The van der Waals surface area contributed by atoms with Gasteiger partial charge in [-0.1, -0.05) is 91.0 Å². The van der Waals surface area contributed by atoms with Crippen LogP contribution in [0.3, 0.4) is 0 Å². The van der Waals surface area contributed by atoms with Gasteiger partial charge < -0.3 is 22.4 Å². The lowest BCUT2D eigenvalue weighted by Gasteiger charge is -2.22. The van der Waals surface area contributed by atoms with Crippen molar-refractivity contribution in [3.05, 3.63) is 138 Å². The van der Waals surface area contributed by atoms with Gasteiger partial charge in [-0.15, -0.1) is 0 Å². The number of hydrogen-bond donors (Lipinski definition) is 0. The average molecular weight is 464 g/mol. The van der Waals surface area contributed by atoms with Crippen molar-refractivity contribution in [2.45, 2.75) is 0 Å². The Morgan fingerprint density at radius 1 is 0.686 bits per heavy atom. The largest absolute Gasteiger partial charge is 0.995 e. The highest BCUT2D eigenvalue weighted by Gasteiger charge is 2.54. The third kappa shape index (κ3) is 4.15. The average Bonchev–Trinajstić information content (AvgIpc) is 2.89. The van der Waals surface area contributed by atoms with E-state index < -0.39 is 7.11 Å². The van der Waals surface area contributed by atoms with Crippen LogP contribution in [0, 0.1) is 0 Å². The highest BCUT2D eigenvalue weighted by atomic mass is 19.3. The molecule has 0 N–H and O–H groups in total. The van der Waals surface area contributed by atoms with Crippen LogP contribution in [0.5, 0.6) is 5.75 Å². The van der Waals surface area contributed by atoms with Crippen LogP contribution in [0.2, 0.25) is 0 Å². The normalized spacial score (nSPS) is 16.3. The van der Waals surface area contributed by atoms with Crippen molar-refractivity contribution in [2.75, 3.05) is 0 Å². The predicted molar refractivity (Wildman–Crippen MR) is 135 cm³/mol. The monoisotopic (exact) mass is 464 g/mol. The number of hydrogen-bond acceptors (Lipinski definition) is 2. The standard InChI is InChI=1S/C29H19BF2O3/c31-30(32)34-28(25-16-15-21-9-7-8-14-24(21)29(25)35-30)19-20-17-26(22-10-3-1-4-11-22)33-27(18-20)23-12-5-2-6-13-23/h1-19H. The van der Waals surface area contributed by atoms with Crippen LogP contribution in [0.1, 0.15) is 21.0 Å². The fourth-order valence-electron chi connectivity index (χ4n) is 4.29. The molecule has 3 nitrogen and oxygen atoms in total. The maximum absolute atomic E-state index is 14.6. The quantitative estimate of drug-likeness (QED) is 0.180. The molecule has 170 valence electrons. The molecule has 2 aliphatic heterocycles. The summed E-state index contributed by atoms with van der Waals surface area (Å²) in [6.45, 7) is 0. The molecule has 0 aliphatic carbocycles. The number of halogens is 2. The van der Waals surface area contributed by atoms with Crippen molar-refractivity contribution in [3.8, 4) is 5.75 Å². The molecule has 0 radical (unpaired) electrons. The zero-order valence-corrected chi connectivity index (χ0v) is 18.5. The Morgan fingerprint density at radius 3 is 1.94 bits per heavy atom. The molecule has 4 aromatic carbocycles. The minimum absolute atomic E-state index is 0.0474. The number of benzene rings is 4. The number of ether oxygens (including phenoxy) is 1. The van der Waals surface area contributed by atoms with Crippen LogP contribution >= 0.6 is 0 Å². The molecule has 0 unspecified atom stereocenters. The SMILES string of the molecule is F[B-]1(F)Oc2c(ccc3ccccc23)C(C=C2C=C(c3ccccc3)OC(c3ccccc3)=C2)=[O+]1. The van der Waals surface area contributed by atoms with Gasteiger partial charge in [0.05, 0.1) is 0 Å². The predicted octanol–water partition coefficient (Wildman–Crippen LogP) is 7.36. The molecule has 0 aromatic heterocycles. The van der Waals surface area contributed by atoms with Crippen LogP contribution in [0.4, 0.5) is 8.63 Å². The van der Waals surface area contributed by atoms with Crippen molar-refractivity contribution in [1.82, 2.24) is 0 Å². The number of fused-ring (bicyclic) bond motifs is 3. The Hall–Kier alpha value is -4.45. The van der Waals surface area contributed by atoms with Gasteiger partial charge in [0.2, 0.25) is 0 Å². The zero-order valence-electron chi connectivity index (χ0n) is 18.5. The molecule has 6 rings (SSSR count). The van der Waals surface area contributed by atoms with Gasteiger partial charge in [-0.25, -0.2) is 0 Å². The second kappa shape index (κ2) is 8.40. The lowest BCUT2D eigenvalue weighted by Crippen LogP contribution is -2.36. The Labute approximate surface area is 201 Å². The molecule has 0 spiro atoms. The molecule has 0 bridgehead atoms. The van der Waals surface area contributed by atoms with Gasteiger partial charge in [-0.3, -0.25) is 0 Å². The van der Waals surface area contributed by atoms with Crippen molar-refractivity contribution >= 4 is 35.2 Å². The lowest BCUT2D eigenvalue weighted by molar-refractivity contribution is -0.180. The first kappa shape index (κ1) is 21.1. The van der Waals surface area contributed by atoms with Gasteiger partial charge in [-0.2, -0.15) is 0 Å². The van der Waals surface area contributed by atoms with E-state index in [1.807, 2.05) is 91.0 Å². The molecule has 0 amide bonds. The van der Waals surface area contributed by atoms with Crippen LogP contribution in [0.15, 0.2) is 121 Å². The molecular formula is C29H19BF2O3. The second-order valence-electron chi connectivity index (χ2n) is 8.29. The Balaban J connectivity index is 1.51. The Morgan fingerprint density at radius 2 is 1.29 bits per heavy atom. The van der Waals surface area contributed by atoms with Gasteiger partial charge in [0.25, 0.3) is 5.78 Å². The summed E-state index contributed by atoms with van der Waals surface area (Å²) in [4.78, 5) is 0. The molecule has 0 saturated heterocycles.